The number of hydrogen-bond donors (Lipinski definition) is 6. The van der Waals surface area contributed by atoms with Gasteiger partial charge >= 0.3 is 0 Å². The summed E-state index contributed by atoms with van der Waals surface area (Å²) in [5.74, 6) is -1.58. The number of hydrogen-bond acceptors (Lipinski definition) is 13. The number of ether oxygens (including phenoxy) is 5. The van der Waals surface area contributed by atoms with Crippen LogP contribution in [0.2, 0.25) is 0 Å². The van der Waals surface area contributed by atoms with Crippen LogP contribution in [0.5, 0.6) is 34.5 Å². The second-order valence-electron chi connectivity index (χ2n) is 8.09. The molecule has 3 aromatic rings. The standard InChI is InChI=1S/C24H26O13/c1-32-21-17(29)15-10(27)7-12(35-20(15)22(33-2)23(21)34-3)14-9(26)5-4-6-11(14)36-24-19(31)18(30)16(28)13(8-25)37-24/h4-7,13,16,18-19,24-26,28-31H,8H2,1-3H3/t13-,16-,18+,19-,24-/m1/s1. The van der Waals surface area contributed by atoms with E-state index in [1.165, 1.54) is 39.5 Å². The summed E-state index contributed by atoms with van der Waals surface area (Å²) in [6.45, 7) is -0.675. The Labute approximate surface area is 209 Å². The van der Waals surface area contributed by atoms with Crippen LogP contribution in [0, 0.1) is 0 Å². The van der Waals surface area contributed by atoms with Crippen molar-refractivity contribution in [2.24, 2.45) is 0 Å². The predicted octanol–water partition coefficient (Wildman–Crippen LogP) is 0.0757. The van der Waals surface area contributed by atoms with Crippen molar-refractivity contribution in [2.75, 3.05) is 27.9 Å². The van der Waals surface area contributed by atoms with Gasteiger partial charge in [0.05, 0.1) is 27.9 Å². The summed E-state index contributed by atoms with van der Waals surface area (Å²) in [4.78, 5) is 13.1. The minimum atomic E-state index is -1.73. The van der Waals surface area contributed by atoms with Crippen molar-refractivity contribution >= 4 is 11.0 Å². The monoisotopic (exact) mass is 522 g/mol. The Morgan fingerprint density at radius 2 is 1.59 bits per heavy atom. The maximum atomic E-state index is 13.1. The van der Waals surface area contributed by atoms with Gasteiger partial charge in [-0.3, -0.25) is 4.79 Å². The Morgan fingerprint density at radius 3 is 2.22 bits per heavy atom. The van der Waals surface area contributed by atoms with E-state index < -0.39 is 54.2 Å². The van der Waals surface area contributed by atoms with E-state index in [0.29, 0.717) is 0 Å². The smallest absolute Gasteiger partial charge is 0.229 e. The highest BCUT2D eigenvalue weighted by Crippen LogP contribution is 2.50. The summed E-state index contributed by atoms with van der Waals surface area (Å²) < 4.78 is 32.8. The van der Waals surface area contributed by atoms with Gasteiger partial charge in [0.25, 0.3) is 0 Å². The second kappa shape index (κ2) is 10.3. The number of methoxy groups -OCH3 is 3. The molecule has 6 N–H and O–H groups in total. The summed E-state index contributed by atoms with van der Waals surface area (Å²) >= 11 is 0. The lowest BCUT2D eigenvalue weighted by Crippen LogP contribution is -2.60. The Hall–Kier alpha value is -3.75. The molecule has 2 aromatic carbocycles. The van der Waals surface area contributed by atoms with Gasteiger partial charge < -0.3 is 58.7 Å². The van der Waals surface area contributed by atoms with Crippen LogP contribution in [0.4, 0.5) is 0 Å². The lowest BCUT2D eigenvalue weighted by molar-refractivity contribution is -0.277. The van der Waals surface area contributed by atoms with Crippen LogP contribution in [0.15, 0.2) is 33.5 Å². The highest BCUT2D eigenvalue weighted by Gasteiger charge is 2.45. The predicted molar refractivity (Wildman–Crippen MR) is 125 cm³/mol. The lowest BCUT2D eigenvalue weighted by atomic mass is 9.99. The van der Waals surface area contributed by atoms with Crippen molar-refractivity contribution in [3.63, 3.8) is 0 Å². The molecule has 5 atom stereocenters. The van der Waals surface area contributed by atoms with E-state index >= 15 is 0 Å². The molecule has 0 radical (unpaired) electrons. The number of phenolic OH excluding ortho intramolecular Hbond substituents is 2. The molecule has 0 bridgehead atoms. The fourth-order valence-electron chi connectivity index (χ4n) is 4.14. The average molecular weight is 522 g/mol. The quantitative estimate of drug-likeness (QED) is 0.244. The zero-order chi connectivity index (χ0) is 27.0. The van der Waals surface area contributed by atoms with Gasteiger partial charge in [0.15, 0.2) is 16.8 Å². The molecule has 0 saturated carbocycles. The summed E-state index contributed by atoms with van der Waals surface area (Å²) in [6, 6.07) is 5.03. The number of fused-ring (bicyclic) bond motifs is 1. The summed E-state index contributed by atoms with van der Waals surface area (Å²) in [6.07, 6.45) is -7.85. The zero-order valence-electron chi connectivity index (χ0n) is 19.9. The van der Waals surface area contributed by atoms with E-state index in [1.54, 1.807) is 0 Å². The van der Waals surface area contributed by atoms with Crippen LogP contribution in [0.25, 0.3) is 22.3 Å². The fraction of sp³-hybridized carbons (Fsp3) is 0.375. The largest absolute Gasteiger partial charge is 0.507 e. The first-order valence-corrected chi connectivity index (χ1v) is 11.0. The molecule has 200 valence electrons. The third-order valence-electron chi connectivity index (χ3n) is 5.97. The topological polar surface area (TPSA) is 198 Å². The van der Waals surface area contributed by atoms with Crippen molar-refractivity contribution in [1.82, 2.24) is 0 Å². The van der Waals surface area contributed by atoms with E-state index in [4.69, 9.17) is 28.1 Å². The Kier molecular flexibility index (Phi) is 7.34. The van der Waals surface area contributed by atoms with Gasteiger partial charge in [-0.2, -0.15) is 0 Å². The van der Waals surface area contributed by atoms with Crippen molar-refractivity contribution < 1.29 is 58.7 Å². The molecule has 0 spiro atoms. The number of benzene rings is 2. The zero-order valence-corrected chi connectivity index (χ0v) is 19.9. The molecule has 0 aliphatic carbocycles. The van der Waals surface area contributed by atoms with Crippen LogP contribution in [-0.2, 0) is 4.74 Å². The number of aliphatic hydroxyl groups is 4. The molecular weight excluding hydrogens is 496 g/mol. The van der Waals surface area contributed by atoms with Gasteiger partial charge in [0.2, 0.25) is 23.5 Å². The van der Waals surface area contributed by atoms with Crippen LogP contribution in [-0.4, -0.2) is 89.3 Å². The van der Waals surface area contributed by atoms with E-state index in [-0.39, 0.29) is 45.3 Å². The number of phenols is 2. The third kappa shape index (κ3) is 4.36. The van der Waals surface area contributed by atoms with Crippen LogP contribution in [0.3, 0.4) is 0 Å². The highest BCUT2D eigenvalue weighted by molar-refractivity contribution is 5.95. The molecule has 1 saturated heterocycles. The first-order valence-electron chi connectivity index (χ1n) is 11.0. The Balaban J connectivity index is 1.88. The normalized spacial score (nSPS) is 23.6. The van der Waals surface area contributed by atoms with Crippen molar-refractivity contribution in [1.29, 1.82) is 0 Å². The van der Waals surface area contributed by atoms with Crippen molar-refractivity contribution in [2.45, 2.75) is 30.7 Å². The molecule has 0 amide bonds. The van der Waals surface area contributed by atoms with Gasteiger partial charge in [-0.25, -0.2) is 0 Å². The maximum absolute atomic E-state index is 13.1. The molecule has 4 rings (SSSR count). The maximum Gasteiger partial charge on any atom is 0.229 e. The third-order valence-corrected chi connectivity index (χ3v) is 5.97. The first kappa shape index (κ1) is 26.3. The van der Waals surface area contributed by atoms with Crippen LogP contribution < -0.4 is 24.4 Å². The lowest BCUT2D eigenvalue weighted by Gasteiger charge is -2.39. The van der Waals surface area contributed by atoms with Gasteiger partial charge in [-0.1, -0.05) is 6.07 Å². The Morgan fingerprint density at radius 1 is 0.919 bits per heavy atom. The van der Waals surface area contributed by atoms with Crippen molar-refractivity contribution in [3.8, 4) is 45.8 Å². The van der Waals surface area contributed by atoms with E-state index in [0.717, 1.165) is 6.07 Å². The minimum Gasteiger partial charge on any atom is -0.507 e. The van der Waals surface area contributed by atoms with Gasteiger partial charge in [-0.15, -0.1) is 0 Å². The molecule has 37 heavy (non-hydrogen) atoms. The summed E-state index contributed by atoms with van der Waals surface area (Å²) in [7, 11) is 3.85. The van der Waals surface area contributed by atoms with Crippen LogP contribution in [0.1, 0.15) is 0 Å². The fourth-order valence-corrected chi connectivity index (χ4v) is 4.14. The van der Waals surface area contributed by atoms with E-state index in [1.807, 2.05) is 0 Å². The average Bonchev–Trinajstić information content (AvgIpc) is 2.88. The molecule has 1 aliphatic heterocycles. The molecule has 2 heterocycles. The van der Waals surface area contributed by atoms with Crippen LogP contribution >= 0.6 is 0 Å². The van der Waals surface area contributed by atoms with Gasteiger partial charge in [-0.05, 0) is 12.1 Å². The SMILES string of the molecule is COc1c(OC)c(O)c2c(=O)cc(-c3c(O)cccc3O[C@@H]3O[C@H](CO)[C@@H](O)[C@H](O)[C@H]3O)oc2c1OC. The molecule has 1 aromatic heterocycles. The minimum absolute atomic E-state index is 0.0506. The van der Waals surface area contributed by atoms with Gasteiger partial charge in [0.1, 0.15) is 52.6 Å². The van der Waals surface area contributed by atoms with E-state index in [2.05, 4.69) is 0 Å². The number of rotatable bonds is 7. The number of aromatic hydroxyl groups is 2. The molecule has 13 heteroatoms. The summed E-state index contributed by atoms with van der Waals surface area (Å²) in [5, 5.41) is 60.9. The molecule has 1 aliphatic rings. The molecule has 1 fully saturated rings. The van der Waals surface area contributed by atoms with Gasteiger partial charge in [0, 0.05) is 6.07 Å². The first-order chi connectivity index (χ1) is 17.7. The highest BCUT2D eigenvalue weighted by atomic mass is 16.7. The number of aliphatic hydroxyl groups excluding tert-OH is 4. The second-order valence-corrected chi connectivity index (χ2v) is 8.09. The van der Waals surface area contributed by atoms with Crippen molar-refractivity contribution in [3.05, 3.63) is 34.5 Å². The molecule has 0 unspecified atom stereocenters. The summed E-state index contributed by atoms with van der Waals surface area (Å²) in [5.41, 5.74) is -1.09. The molecule has 13 nitrogen and oxygen atoms in total. The Bertz CT molecular complexity index is 1350. The van der Waals surface area contributed by atoms with E-state index in [9.17, 15) is 35.4 Å². The molecular formula is C24H26O13.